The van der Waals surface area contributed by atoms with Gasteiger partial charge in [0.15, 0.2) is 5.84 Å². The molecule has 154 valence electrons. The highest BCUT2D eigenvalue weighted by Gasteiger charge is 2.11. The van der Waals surface area contributed by atoms with Gasteiger partial charge in [0.05, 0.1) is 10.6 Å². The first-order valence-corrected chi connectivity index (χ1v) is 10.0. The Bertz CT molecular complexity index is 1070. The minimum atomic E-state index is -0.641. The van der Waals surface area contributed by atoms with Gasteiger partial charge in [0.1, 0.15) is 12.4 Å². The van der Waals surface area contributed by atoms with E-state index in [1.807, 2.05) is 30.3 Å². The second-order valence-corrected chi connectivity index (χ2v) is 7.31. The van der Waals surface area contributed by atoms with E-state index in [9.17, 15) is 4.79 Å². The van der Waals surface area contributed by atoms with Crippen LogP contribution in [0.2, 0.25) is 10.0 Å². The van der Waals surface area contributed by atoms with Crippen molar-refractivity contribution < 1.29 is 14.4 Å². The van der Waals surface area contributed by atoms with E-state index in [0.29, 0.717) is 27.8 Å². The molecule has 0 atom stereocenters. The molecular formula is C23H20Cl2N2O3. The van der Waals surface area contributed by atoms with Crippen LogP contribution in [0, 0.1) is 0 Å². The molecule has 0 heterocycles. The van der Waals surface area contributed by atoms with Crippen molar-refractivity contribution in [1.29, 1.82) is 0 Å². The molecule has 30 heavy (non-hydrogen) atoms. The highest BCUT2D eigenvalue weighted by atomic mass is 35.5. The fraction of sp³-hybridized carbons (Fsp3) is 0.130. The highest BCUT2D eigenvalue weighted by Crippen LogP contribution is 2.21. The van der Waals surface area contributed by atoms with E-state index in [4.69, 9.17) is 38.5 Å². The number of hydrogen-bond acceptors (Lipinski definition) is 4. The number of nitrogens with zero attached hydrogens (tertiary/aromatic N) is 1. The largest absolute Gasteiger partial charge is 0.489 e. The van der Waals surface area contributed by atoms with Gasteiger partial charge in [0, 0.05) is 10.6 Å². The summed E-state index contributed by atoms with van der Waals surface area (Å²) in [6.07, 6.45) is 0.974. The number of aryl methyl sites for hydroxylation is 1. The van der Waals surface area contributed by atoms with E-state index >= 15 is 0 Å². The summed E-state index contributed by atoms with van der Waals surface area (Å²) >= 11 is 11.9. The summed E-state index contributed by atoms with van der Waals surface area (Å²) in [6.45, 7) is 2.42. The average Bonchev–Trinajstić information content (AvgIpc) is 2.76. The zero-order valence-corrected chi connectivity index (χ0v) is 17.8. The van der Waals surface area contributed by atoms with E-state index in [0.717, 1.165) is 17.7 Å². The number of carbonyl (C=O) groups is 1. The van der Waals surface area contributed by atoms with Crippen molar-refractivity contribution in [2.45, 2.75) is 20.0 Å². The molecule has 0 amide bonds. The summed E-state index contributed by atoms with van der Waals surface area (Å²) in [5.41, 5.74) is 8.67. The van der Waals surface area contributed by atoms with E-state index in [-0.39, 0.29) is 5.84 Å². The molecule has 3 aromatic rings. The van der Waals surface area contributed by atoms with Crippen LogP contribution in [0.4, 0.5) is 0 Å². The first-order chi connectivity index (χ1) is 14.5. The summed E-state index contributed by atoms with van der Waals surface area (Å²) in [7, 11) is 0. The number of amidine groups is 1. The third-order valence-corrected chi connectivity index (χ3v) is 4.88. The average molecular weight is 443 g/mol. The number of benzene rings is 3. The van der Waals surface area contributed by atoms with Crippen LogP contribution in [0.3, 0.4) is 0 Å². The Labute approximate surface area is 185 Å². The summed E-state index contributed by atoms with van der Waals surface area (Å²) in [5.74, 6) is 0.0922. The van der Waals surface area contributed by atoms with Crippen molar-refractivity contribution in [3.63, 3.8) is 0 Å². The molecule has 7 heteroatoms. The van der Waals surface area contributed by atoms with Crippen LogP contribution in [-0.4, -0.2) is 11.8 Å². The van der Waals surface area contributed by atoms with Crippen LogP contribution in [0.5, 0.6) is 5.75 Å². The standard InChI is InChI=1S/C23H20Cl2N2O3/c1-2-15-6-9-19(10-7-15)29-14-16-4-3-5-17(12-16)23(28)30-27-22(26)20-11-8-18(24)13-21(20)25/h3-13H,2,14H2,1H3,(H2,26,27). The van der Waals surface area contributed by atoms with Crippen LogP contribution >= 0.6 is 23.2 Å². The summed E-state index contributed by atoms with van der Waals surface area (Å²) < 4.78 is 5.78. The summed E-state index contributed by atoms with van der Waals surface area (Å²) in [5, 5.41) is 4.46. The first-order valence-electron chi connectivity index (χ1n) is 9.27. The number of carbonyl (C=O) groups excluding carboxylic acids is 1. The van der Waals surface area contributed by atoms with Gasteiger partial charge in [-0.25, -0.2) is 4.79 Å². The molecule has 0 fully saturated rings. The van der Waals surface area contributed by atoms with Crippen molar-refractivity contribution in [3.8, 4) is 5.75 Å². The Morgan fingerprint density at radius 2 is 1.77 bits per heavy atom. The Morgan fingerprint density at radius 1 is 1.00 bits per heavy atom. The molecule has 0 aliphatic rings. The molecule has 0 aromatic heterocycles. The van der Waals surface area contributed by atoms with Gasteiger partial charge < -0.3 is 15.3 Å². The lowest BCUT2D eigenvalue weighted by Crippen LogP contribution is -2.16. The SMILES string of the molecule is CCc1ccc(OCc2cccc(C(=O)O/N=C(\N)c3ccc(Cl)cc3Cl)c2)cc1. The zero-order valence-electron chi connectivity index (χ0n) is 16.3. The van der Waals surface area contributed by atoms with Crippen LogP contribution in [0.15, 0.2) is 71.9 Å². The molecule has 0 saturated carbocycles. The molecule has 0 unspecified atom stereocenters. The smallest absolute Gasteiger partial charge is 0.365 e. The monoisotopic (exact) mass is 442 g/mol. The molecule has 0 aliphatic carbocycles. The molecule has 3 rings (SSSR count). The molecule has 2 N–H and O–H groups in total. The second kappa shape index (κ2) is 10.1. The van der Waals surface area contributed by atoms with Crippen molar-refractivity contribution in [1.82, 2.24) is 0 Å². The summed E-state index contributed by atoms with van der Waals surface area (Å²) in [6, 6.07) is 19.6. The Balaban J connectivity index is 1.63. The number of halogens is 2. The number of ether oxygens (including phenoxy) is 1. The van der Waals surface area contributed by atoms with Gasteiger partial charge in [-0.1, -0.05) is 59.5 Å². The predicted molar refractivity (Wildman–Crippen MR) is 119 cm³/mol. The maximum atomic E-state index is 12.3. The molecule has 0 radical (unpaired) electrons. The normalized spacial score (nSPS) is 11.2. The number of rotatable bonds is 7. The lowest BCUT2D eigenvalue weighted by Gasteiger charge is -2.08. The van der Waals surface area contributed by atoms with Gasteiger partial charge in [0.2, 0.25) is 0 Å². The van der Waals surface area contributed by atoms with E-state index in [1.54, 1.807) is 30.3 Å². The van der Waals surface area contributed by atoms with Crippen LogP contribution in [0.25, 0.3) is 0 Å². The molecule has 0 bridgehead atoms. The molecule has 0 saturated heterocycles. The van der Waals surface area contributed by atoms with E-state index in [1.165, 1.54) is 11.6 Å². The molecular weight excluding hydrogens is 423 g/mol. The number of oxime groups is 1. The number of hydrogen-bond donors (Lipinski definition) is 1. The van der Waals surface area contributed by atoms with Crippen LogP contribution < -0.4 is 10.5 Å². The van der Waals surface area contributed by atoms with E-state index in [2.05, 4.69) is 12.1 Å². The lowest BCUT2D eigenvalue weighted by molar-refractivity contribution is 0.0516. The summed E-state index contributed by atoms with van der Waals surface area (Å²) in [4.78, 5) is 17.3. The topological polar surface area (TPSA) is 73.9 Å². The van der Waals surface area contributed by atoms with E-state index < -0.39 is 5.97 Å². The quantitative estimate of drug-likeness (QED) is 0.223. The Hall–Kier alpha value is -3.02. The zero-order chi connectivity index (χ0) is 21.5. The maximum absolute atomic E-state index is 12.3. The Kier molecular flexibility index (Phi) is 7.33. The van der Waals surface area contributed by atoms with Gasteiger partial charge in [-0.05, 0) is 60.0 Å². The predicted octanol–water partition coefficient (Wildman–Crippen LogP) is 5.61. The first kappa shape index (κ1) is 21.7. The molecule has 3 aromatic carbocycles. The fourth-order valence-electron chi connectivity index (χ4n) is 2.67. The maximum Gasteiger partial charge on any atom is 0.365 e. The van der Waals surface area contributed by atoms with Gasteiger partial charge in [0.25, 0.3) is 0 Å². The number of nitrogens with two attached hydrogens (primary N) is 1. The third-order valence-electron chi connectivity index (χ3n) is 4.33. The van der Waals surface area contributed by atoms with Crippen LogP contribution in [-0.2, 0) is 17.9 Å². The molecule has 0 spiro atoms. The van der Waals surface area contributed by atoms with Crippen molar-refractivity contribution >= 4 is 35.0 Å². The van der Waals surface area contributed by atoms with Crippen molar-refractivity contribution in [3.05, 3.63) is 99.0 Å². The van der Waals surface area contributed by atoms with Gasteiger partial charge in [-0.3, -0.25) is 0 Å². The fourth-order valence-corrected chi connectivity index (χ4v) is 3.17. The minimum Gasteiger partial charge on any atom is -0.489 e. The van der Waals surface area contributed by atoms with Crippen LogP contribution in [0.1, 0.15) is 34.0 Å². The van der Waals surface area contributed by atoms with Gasteiger partial charge in [-0.15, -0.1) is 0 Å². The molecule has 5 nitrogen and oxygen atoms in total. The van der Waals surface area contributed by atoms with Gasteiger partial charge >= 0.3 is 5.97 Å². The molecule has 0 aliphatic heterocycles. The lowest BCUT2D eigenvalue weighted by atomic mass is 10.1. The van der Waals surface area contributed by atoms with Crippen molar-refractivity contribution in [2.75, 3.05) is 0 Å². The second-order valence-electron chi connectivity index (χ2n) is 6.47. The third kappa shape index (κ3) is 5.75. The Morgan fingerprint density at radius 3 is 2.47 bits per heavy atom. The highest BCUT2D eigenvalue weighted by molar-refractivity contribution is 6.36. The van der Waals surface area contributed by atoms with Crippen molar-refractivity contribution in [2.24, 2.45) is 10.9 Å². The minimum absolute atomic E-state index is 0.0277. The van der Waals surface area contributed by atoms with Gasteiger partial charge in [-0.2, -0.15) is 0 Å².